The fraction of sp³-hybridized carbons (Fsp3) is 0.158. The Bertz CT molecular complexity index is 882. The van der Waals surface area contributed by atoms with Gasteiger partial charge in [-0.25, -0.2) is 14.8 Å². The molecule has 0 radical (unpaired) electrons. The van der Waals surface area contributed by atoms with Crippen LogP contribution in [0, 0.1) is 6.92 Å². The van der Waals surface area contributed by atoms with Gasteiger partial charge in [0.25, 0.3) is 0 Å². The van der Waals surface area contributed by atoms with Crippen LogP contribution in [0.3, 0.4) is 0 Å². The van der Waals surface area contributed by atoms with E-state index in [1.807, 2.05) is 49.4 Å². The molecule has 0 bridgehead atoms. The van der Waals surface area contributed by atoms with Crippen molar-refractivity contribution < 1.29 is 9.53 Å². The van der Waals surface area contributed by atoms with Gasteiger partial charge in [-0.15, -0.1) is 0 Å². The van der Waals surface area contributed by atoms with E-state index in [2.05, 4.69) is 30.3 Å². The molecule has 2 aromatic heterocycles. The van der Waals surface area contributed by atoms with Crippen LogP contribution in [0.15, 0.2) is 54.9 Å². The lowest BCUT2D eigenvalue weighted by molar-refractivity contribution is 0.187. The van der Waals surface area contributed by atoms with Gasteiger partial charge in [-0.2, -0.15) is 0 Å². The predicted molar refractivity (Wildman–Crippen MR) is 99.8 cm³/mol. The van der Waals surface area contributed by atoms with Crippen LogP contribution in [0.25, 0.3) is 11.4 Å². The number of aryl methyl sites for hydroxylation is 1. The largest absolute Gasteiger partial charge is 0.453 e. The second-order valence-corrected chi connectivity index (χ2v) is 5.62. The number of benzene rings is 1. The summed E-state index contributed by atoms with van der Waals surface area (Å²) in [6, 6.07) is 13.2. The van der Waals surface area contributed by atoms with Gasteiger partial charge in [0.1, 0.15) is 5.82 Å². The highest BCUT2D eigenvalue weighted by molar-refractivity contribution is 5.84. The SMILES string of the molecule is COC(=O)Nc1ccc(CNc2cc(C)nc(-c3ccncc3)n2)cc1. The van der Waals surface area contributed by atoms with Crippen LogP contribution in [0.2, 0.25) is 0 Å². The number of anilines is 2. The number of nitrogens with zero attached hydrogens (tertiary/aromatic N) is 3. The monoisotopic (exact) mass is 349 g/mol. The van der Waals surface area contributed by atoms with E-state index in [1.165, 1.54) is 7.11 Å². The fourth-order valence-electron chi connectivity index (χ4n) is 2.36. The van der Waals surface area contributed by atoms with Crippen molar-refractivity contribution in [2.75, 3.05) is 17.7 Å². The Hall–Kier alpha value is -3.48. The summed E-state index contributed by atoms with van der Waals surface area (Å²) in [5, 5.41) is 5.92. The molecule has 0 aliphatic rings. The van der Waals surface area contributed by atoms with E-state index in [9.17, 15) is 4.79 Å². The highest BCUT2D eigenvalue weighted by Gasteiger charge is 2.05. The number of nitrogens with one attached hydrogen (secondary N) is 2. The molecule has 0 unspecified atom stereocenters. The summed E-state index contributed by atoms with van der Waals surface area (Å²) < 4.78 is 4.57. The lowest BCUT2D eigenvalue weighted by Crippen LogP contribution is -2.10. The number of rotatable bonds is 5. The number of amides is 1. The maximum Gasteiger partial charge on any atom is 0.411 e. The second kappa shape index (κ2) is 8.06. The summed E-state index contributed by atoms with van der Waals surface area (Å²) in [6.07, 6.45) is 2.95. The summed E-state index contributed by atoms with van der Waals surface area (Å²) in [5.41, 5.74) is 3.54. The van der Waals surface area contributed by atoms with Crippen molar-refractivity contribution >= 4 is 17.6 Å². The number of pyridine rings is 1. The number of carbonyl (C=O) groups excluding carboxylic acids is 1. The Balaban J connectivity index is 1.68. The average molecular weight is 349 g/mol. The van der Waals surface area contributed by atoms with Crippen molar-refractivity contribution in [1.29, 1.82) is 0 Å². The first-order valence-corrected chi connectivity index (χ1v) is 8.08. The topological polar surface area (TPSA) is 89.0 Å². The second-order valence-electron chi connectivity index (χ2n) is 5.62. The van der Waals surface area contributed by atoms with Gasteiger partial charge < -0.3 is 10.1 Å². The van der Waals surface area contributed by atoms with Crippen LogP contribution in [0.4, 0.5) is 16.3 Å². The van der Waals surface area contributed by atoms with E-state index in [0.717, 1.165) is 22.6 Å². The van der Waals surface area contributed by atoms with Gasteiger partial charge in [0.05, 0.1) is 7.11 Å². The number of hydrogen-bond acceptors (Lipinski definition) is 6. The molecule has 132 valence electrons. The summed E-state index contributed by atoms with van der Waals surface area (Å²) in [4.78, 5) is 24.2. The van der Waals surface area contributed by atoms with E-state index in [-0.39, 0.29) is 0 Å². The molecule has 0 aliphatic heterocycles. The molecule has 0 atom stereocenters. The third-order valence-corrected chi connectivity index (χ3v) is 3.65. The molecule has 0 saturated heterocycles. The number of aromatic nitrogens is 3. The Morgan fingerprint density at radius 1 is 1.08 bits per heavy atom. The summed E-state index contributed by atoms with van der Waals surface area (Å²) in [6.45, 7) is 2.54. The van der Waals surface area contributed by atoms with Crippen LogP contribution in [0.5, 0.6) is 0 Å². The molecule has 7 nitrogen and oxygen atoms in total. The molecule has 0 spiro atoms. The lowest BCUT2D eigenvalue weighted by Gasteiger charge is -2.09. The van der Waals surface area contributed by atoms with Gasteiger partial charge in [0, 0.05) is 41.9 Å². The minimum absolute atomic E-state index is 0.490. The van der Waals surface area contributed by atoms with Gasteiger partial charge >= 0.3 is 6.09 Å². The van der Waals surface area contributed by atoms with Crippen molar-refractivity contribution in [3.05, 3.63) is 66.1 Å². The quantitative estimate of drug-likeness (QED) is 0.731. The van der Waals surface area contributed by atoms with Gasteiger partial charge in [-0.3, -0.25) is 10.3 Å². The highest BCUT2D eigenvalue weighted by atomic mass is 16.5. The Morgan fingerprint density at radius 2 is 1.81 bits per heavy atom. The van der Waals surface area contributed by atoms with Crippen molar-refractivity contribution in [1.82, 2.24) is 15.0 Å². The lowest BCUT2D eigenvalue weighted by atomic mass is 10.2. The maximum atomic E-state index is 11.2. The Kier molecular flexibility index (Phi) is 5.38. The minimum Gasteiger partial charge on any atom is -0.453 e. The molecular formula is C19H19N5O2. The number of hydrogen-bond donors (Lipinski definition) is 2. The number of methoxy groups -OCH3 is 1. The molecule has 1 aromatic carbocycles. The van der Waals surface area contributed by atoms with E-state index < -0.39 is 6.09 Å². The predicted octanol–water partition coefficient (Wildman–Crippen LogP) is 3.64. The minimum atomic E-state index is -0.490. The normalized spacial score (nSPS) is 10.2. The first-order valence-electron chi connectivity index (χ1n) is 8.08. The molecule has 2 heterocycles. The molecule has 0 aliphatic carbocycles. The van der Waals surface area contributed by atoms with Crippen LogP contribution < -0.4 is 10.6 Å². The van der Waals surface area contributed by atoms with Gasteiger partial charge in [-0.1, -0.05) is 12.1 Å². The van der Waals surface area contributed by atoms with Crippen molar-refractivity contribution in [3.8, 4) is 11.4 Å². The highest BCUT2D eigenvalue weighted by Crippen LogP contribution is 2.18. The third-order valence-electron chi connectivity index (χ3n) is 3.65. The van der Waals surface area contributed by atoms with Gasteiger partial charge in [-0.05, 0) is 36.8 Å². The molecule has 26 heavy (non-hydrogen) atoms. The molecule has 7 heteroatoms. The Morgan fingerprint density at radius 3 is 2.50 bits per heavy atom. The Labute approximate surface area is 151 Å². The molecule has 3 rings (SSSR count). The molecule has 2 N–H and O–H groups in total. The van der Waals surface area contributed by atoms with E-state index in [0.29, 0.717) is 18.1 Å². The molecule has 0 saturated carbocycles. The van der Waals surface area contributed by atoms with Crippen LogP contribution in [-0.4, -0.2) is 28.2 Å². The fourth-order valence-corrected chi connectivity index (χ4v) is 2.36. The molecular weight excluding hydrogens is 330 g/mol. The summed E-state index contributed by atoms with van der Waals surface area (Å²) in [7, 11) is 1.33. The van der Waals surface area contributed by atoms with Crippen molar-refractivity contribution in [2.24, 2.45) is 0 Å². The van der Waals surface area contributed by atoms with E-state index in [1.54, 1.807) is 12.4 Å². The maximum absolute atomic E-state index is 11.2. The van der Waals surface area contributed by atoms with Crippen LogP contribution >= 0.6 is 0 Å². The first-order chi connectivity index (χ1) is 12.6. The first kappa shape index (κ1) is 17.3. The van der Waals surface area contributed by atoms with Crippen molar-refractivity contribution in [3.63, 3.8) is 0 Å². The summed E-state index contributed by atoms with van der Waals surface area (Å²) in [5.74, 6) is 1.41. The third kappa shape index (κ3) is 4.54. The average Bonchev–Trinajstić information content (AvgIpc) is 2.67. The zero-order valence-electron chi connectivity index (χ0n) is 14.6. The molecule has 3 aromatic rings. The van der Waals surface area contributed by atoms with Crippen LogP contribution in [-0.2, 0) is 11.3 Å². The van der Waals surface area contributed by atoms with Gasteiger partial charge in [0.15, 0.2) is 5.82 Å². The zero-order chi connectivity index (χ0) is 18.4. The standard InChI is InChI=1S/C19H19N5O2/c1-13-11-17(24-18(22-13)15-7-9-20-10-8-15)21-12-14-3-5-16(6-4-14)23-19(25)26-2/h3-11H,12H2,1-2H3,(H,23,25)(H,21,22,24). The molecule has 1 amide bonds. The zero-order valence-corrected chi connectivity index (χ0v) is 14.6. The van der Waals surface area contributed by atoms with E-state index >= 15 is 0 Å². The van der Waals surface area contributed by atoms with Crippen molar-refractivity contribution in [2.45, 2.75) is 13.5 Å². The number of carbonyl (C=O) groups is 1. The number of ether oxygens (including phenoxy) is 1. The van der Waals surface area contributed by atoms with Crippen LogP contribution in [0.1, 0.15) is 11.3 Å². The van der Waals surface area contributed by atoms with Gasteiger partial charge in [0.2, 0.25) is 0 Å². The smallest absolute Gasteiger partial charge is 0.411 e. The summed E-state index contributed by atoms with van der Waals surface area (Å²) >= 11 is 0. The molecule has 0 fully saturated rings. The van der Waals surface area contributed by atoms with E-state index in [4.69, 9.17) is 0 Å².